The second-order valence-corrected chi connectivity index (χ2v) is 4.07. The normalized spacial score (nSPS) is 13.3. The van der Waals surface area contributed by atoms with Crippen molar-refractivity contribution in [3.8, 4) is 11.3 Å². The summed E-state index contributed by atoms with van der Waals surface area (Å²) in [6, 6.07) is 8.13. The van der Waals surface area contributed by atoms with Crippen molar-refractivity contribution < 1.29 is 0 Å². The third-order valence-electron chi connectivity index (χ3n) is 2.77. The van der Waals surface area contributed by atoms with Crippen LogP contribution < -0.4 is 5.32 Å². The summed E-state index contributed by atoms with van der Waals surface area (Å²) >= 11 is 6.10. The second kappa shape index (κ2) is 3.76. The van der Waals surface area contributed by atoms with Gasteiger partial charge in [-0.05, 0) is 12.5 Å². The van der Waals surface area contributed by atoms with Gasteiger partial charge >= 0.3 is 0 Å². The summed E-state index contributed by atoms with van der Waals surface area (Å²) in [7, 11) is 0. The van der Waals surface area contributed by atoms with Gasteiger partial charge in [-0.25, -0.2) is 9.97 Å². The molecule has 1 aromatic carbocycles. The maximum Gasteiger partial charge on any atom is 0.136 e. The molecule has 0 unspecified atom stereocenters. The fourth-order valence-electron chi connectivity index (χ4n) is 2.01. The summed E-state index contributed by atoms with van der Waals surface area (Å²) < 4.78 is 0. The summed E-state index contributed by atoms with van der Waals surface area (Å²) in [6.45, 7) is 0.858. The van der Waals surface area contributed by atoms with Crippen LogP contribution in [-0.4, -0.2) is 16.5 Å². The average Bonchev–Trinajstić information content (AvgIpc) is 2.50. The van der Waals surface area contributed by atoms with Gasteiger partial charge in [0.1, 0.15) is 11.5 Å². The number of halogens is 1. The molecule has 0 bridgehead atoms. The van der Waals surface area contributed by atoms with Crippen molar-refractivity contribution in [3.05, 3.63) is 41.3 Å². The van der Waals surface area contributed by atoms with Crippen LogP contribution in [0.4, 0.5) is 5.69 Å². The van der Waals surface area contributed by atoms with Gasteiger partial charge in [0.05, 0.1) is 5.69 Å². The van der Waals surface area contributed by atoms with E-state index in [1.54, 1.807) is 0 Å². The highest BCUT2D eigenvalue weighted by molar-refractivity contribution is 6.30. The van der Waals surface area contributed by atoms with E-state index in [1.165, 1.54) is 6.33 Å². The van der Waals surface area contributed by atoms with Gasteiger partial charge in [0, 0.05) is 23.4 Å². The Hall–Kier alpha value is -1.61. The lowest BCUT2D eigenvalue weighted by molar-refractivity contribution is 1.000. The molecule has 1 aliphatic rings. The Kier molecular flexibility index (Phi) is 2.26. The van der Waals surface area contributed by atoms with Crippen molar-refractivity contribution >= 4 is 17.3 Å². The van der Waals surface area contributed by atoms with E-state index < -0.39 is 0 Å². The predicted molar refractivity (Wildman–Crippen MR) is 64.7 cm³/mol. The van der Waals surface area contributed by atoms with E-state index in [-0.39, 0.29) is 0 Å². The molecule has 16 heavy (non-hydrogen) atoms. The molecule has 0 radical (unpaired) electrons. The maximum atomic E-state index is 6.10. The van der Waals surface area contributed by atoms with Crippen LogP contribution in [0.15, 0.2) is 30.6 Å². The van der Waals surface area contributed by atoms with E-state index in [1.807, 2.05) is 12.1 Å². The highest BCUT2D eigenvalue weighted by atomic mass is 35.5. The van der Waals surface area contributed by atoms with Crippen molar-refractivity contribution in [2.24, 2.45) is 0 Å². The predicted octanol–water partition coefficient (Wildman–Crippen LogP) is 2.77. The maximum absolute atomic E-state index is 6.10. The zero-order chi connectivity index (χ0) is 11.0. The number of nitrogens with zero attached hydrogens (tertiary/aromatic N) is 2. The minimum Gasteiger partial charge on any atom is -0.384 e. The molecule has 80 valence electrons. The molecule has 0 saturated heterocycles. The quantitative estimate of drug-likeness (QED) is 0.709. The minimum absolute atomic E-state index is 0.559. The molecule has 1 aliphatic heterocycles. The molecule has 4 heteroatoms. The number of para-hydroxylation sites is 1. The zero-order valence-electron chi connectivity index (χ0n) is 8.57. The van der Waals surface area contributed by atoms with Crippen LogP contribution in [0.3, 0.4) is 0 Å². The van der Waals surface area contributed by atoms with Gasteiger partial charge in [-0.15, -0.1) is 0 Å². The van der Waals surface area contributed by atoms with E-state index >= 15 is 0 Å². The van der Waals surface area contributed by atoms with E-state index in [4.69, 9.17) is 11.6 Å². The van der Waals surface area contributed by atoms with Gasteiger partial charge < -0.3 is 5.32 Å². The Balaban J connectivity index is 2.30. The van der Waals surface area contributed by atoms with Gasteiger partial charge in [0.15, 0.2) is 0 Å². The summed E-state index contributed by atoms with van der Waals surface area (Å²) in [5, 5.41) is 3.93. The molecule has 0 aliphatic carbocycles. The standard InChI is InChI=1S/C12H10ClN3/c13-12-9-5-6-14-10-4-2-1-3-8(10)11(9)15-7-16-12/h1-4,7,14H,5-6H2. The molecule has 3 nitrogen and oxygen atoms in total. The van der Waals surface area contributed by atoms with Gasteiger partial charge in [0.2, 0.25) is 0 Å². The number of aromatic nitrogens is 2. The van der Waals surface area contributed by atoms with Crippen LogP contribution in [0, 0.1) is 0 Å². The monoisotopic (exact) mass is 231 g/mol. The van der Waals surface area contributed by atoms with Gasteiger partial charge in [-0.3, -0.25) is 0 Å². The molecule has 2 aromatic rings. The number of hydrogen-bond acceptors (Lipinski definition) is 3. The molecular formula is C12H10ClN3. The second-order valence-electron chi connectivity index (χ2n) is 3.71. The van der Waals surface area contributed by atoms with Crippen LogP contribution in [0.5, 0.6) is 0 Å². The minimum atomic E-state index is 0.559. The Bertz CT molecular complexity index is 540. The number of hydrogen-bond donors (Lipinski definition) is 1. The Morgan fingerprint density at radius 3 is 3.00 bits per heavy atom. The lowest BCUT2D eigenvalue weighted by atomic mass is 10.1. The first-order valence-corrected chi connectivity index (χ1v) is 5.57. The molecule has 0 spiro atoms. The van der Waals surface area contributed by atoms with Crippen LogP contribution >= 0.6 is 11.6 Å². The molecule has 0 fully saturated rings. The van der Waals surface area contributed by atoms with Crippen LogP contribution in [0.25, 0.3) is 11.3 Å². The molecule has 0 amide bonds. The molecule has 3 rings (SSSR count). The van der Waals surface area contributed by atoms with Gasteiger partial charge in [0.25, 0.3) is 0 Å². The van der Waals surface area contributed by atoms with Crippen LogP contribution in [0.1, 0.15) is 5.56 Å². The molecule has 2 heterocycles. The van der Waals surface area contributed by atoms with Crippen molar-refractivity contribution in [1.29, 1.82) is 0 Å². The first kappa shape index (κ1) is 9.60. The summed E-state index contributed by atoms with van der Waals surface area (Å²) in [6.07, 6.45) is 2.37. The highest BCUT2D eigenvalue weighted by Gasteiger charge is 2.17. The molecule has 1 aromatic heterocycles. The third kappa shape index (κ3) is 1.44. The smallest absolute Gasteiger partial charge is 0.136 e. The van der Waals surface area contributed by atoms with E-state index in [2.05, 4.69) is 27.4 Å². The number of anilines is 1. The molecule has 0 saturated carbocycles. The van der Waals surface area contributed by atoms with Crippen molar-refractivity contribution in [2.75, 3.05) is 11.9 Å². The number of fused-ring (bicyclic) bond motifs is 3. The van der Waals surface area contributed by atoms with E-state index in [0.717, 1.165) is 35.5 Å². The Morgan fingerprint density at radius 1 is 1.19 bits per heavy atom. The molecule has 0 atom stereocenters. The zero-order valence-corrected chi connectivity index (χ0v) is 9.33. The summed E-state index contributed by atoms with van der Waals surface area (Å²) in [5.41, 5.74) is 4.18. The van der Waals surface area contributed by atoms with Crippen LogP contribution in [-0.2, 0) is 6.42 Å². The summed E-state index contributed by atoms with van der Waals surface area (Å²) in [5.74, 6) is 0. The SMILES string of the molecule is Clc1ncnc2c1CCNc1ccccc1-2. The first-order valence-electron chi connectivity index (χ1n) is 5.19. The lowest BCUT2D eigenvalue weighted by Crippen LogP contribution is -2.02. The van der Waals surface area contributed by atoms with Crippen molar-refractivity contribution in [3.63, 3.8) is 0 Å². The lowest BCUT2D eigenvalue weighted by Gasteiger charge is -2.07. The fraction of sp³-hybridized carbons (Fsp3) is 0.167. The molecule has 1 N–H and O–H groups in total. The molecular weight excluding hydrogens is 222 g/mol. The third-order valence-corrected chi connectivity index (χ3v) is 3.09. The highest BCUT2D eigenvalue weighted by Crippen LogP contribution is 2.33. The topological polar surface area (TPSA) is 37.8 Å². The fourth-order valence-corrected chi connectivity index (χ4v) is 2.24. The summed E-state index contributed by atoms with van der Waals surface area (Å²) in [4.78, 5) is 8.38. The first-order chi connectivity index (χ1) is 7.86. The van der Waals surface area contributed by atoms with Gasteiger partial charge in [-0.2, -0.15) is 0 Å². The largest absolute Gasteiger partial charge is 0.384 e. The average molecular weight is 232 g/mol. The van der Waals surface area contributed by atoms with Crippen molar-refractivity contribution in [2.45, 2.75) is 6.42 Å². The number of nitrogens with one attached hydrogen (secondary N) is 1. The Morgan fingerprint density at radius 2 is 2.06 bits per heavy atom. The van der Waals surface area contributed by atoms with Gasteiger partial charge in [-0.1, -0.05) is 29.8 Å². The number of benzene rings is 1. The Labute approximate surface area is 98.5 Å². The van der Waals surface area contributed by atoms with E-state index in [0.29, 0.717) is 5.15 Å². The number of rotatable bonds is 0. The van der Waals surface area contributed by atoms with E-state index in [9.17, 15) is 0 Å². The van der Waals surface area contributed by atoms with Crippen molar-refractivity contribution in [1.82, 2.24) is 9.97 Å². The van der Waals surface area contributed by atoms with Crippen LogP contribution in [0.2, 0.25) is 5.15 Å².